The van der Waals surface area contributed by atoms with Crippen LogP contribution in [0.3, 0.4) is 0 Å². The van der Waals surface area contributed by atoms with Gasteiger partial charge in [-0.25, -0.2) is 0 Å². The Kier molecular flexibility index (Phi) is 7.84. The van der Waals surface area contributed by atoms with Gasteiger partial charge in [-0.3, -0.25) is 19.8 Å². The number of hydrogen-bond donors (Lipinski definition) is 1. The Morgan fingerprint density at radius 2 is 1.69 bits per heavy atom. The molecule has 0 spiro atoms. The summed E-state index contributed by atoms with van der Waals surface area (Å²) in [4.78, 5) is 27.3. The molecule has 39 heavy (non-hydrogen) atoms. The van der Waals surface area contributed by atoms with Crippen molar-refractivity contribution in [2.24, 2.45) is 0 Å². The first-order valence-electron chi connectivity index (χ1n) is 12.1. The molecule has 0 aliphatic carbocycles. The molecule has 196 valence electrons. The molecule has 1 saturated heterocycles. The molecular weight excluding hydrogens is 555 g/mol. The van der Waals surface area contributed by atoms with Crippen molar-refractivity contribution >= 4 is 74.9 Å². The number of hydrogen-bond acceptors (Lipinski definition) is 5. The number of halogens is 2. The topological polar surface area (TPSA) is 67.9 Å². The van der Waals surface area contributed by atoms with E-state index in [9.17, 15) is 9.59 Å². The van der Waals surface area contributed by atoms with Gasteiger partial charge in [0.25, 0.3) is 11.8 Å². The highest BCUT2D eigenvalue weighted by Crippen LogP contribution is 2.35. The largest absolute Gasteiger partial charge is 0.490 e. The first-order valence-corrected chi connectivity index (χ1v) is 13.3. The van der Waals surface area contributed by atoms with Gasteiger partial charge in [-0.05, 0) is 71.4 Å². The third-order valence-corrected chi connectivity index (χ3v) is 7.21. The van der Waals surface area contributed by atoms with Crippen molar-refractivity contribution in [3.63, 3.8) is 0 Å². The molecule has 5 rings (SSSR count). The van der Waals surface area contributed by atoms with Gasteiger partial charge >= 0.3 is 0 Å². The highest BCUT2D eigenvalue weighted by atomic mass is 35.5. The summed E-state index contributed by atoms with van der Waals surface area (Å²) in [6, 6.07) is 24.3. The molecule has 1 fully saturated rings. The predicted molar refractivity (Wildman–Crippen MR) is 159 cm³/mol. The zero-order valence-corrected chi connectivity index (χ0v) is 23.1. The first kappa shape index (κ1) is 26.7. The minimum absolute atomic E-state index is 0.0847. The van der Waals surface area contributed by atoms with Crippen LogP contribution in [-0.2, 0) is 16.2 Å². The second-order valence-corrected chi connectivity index (χ2v) is 9.77. The van der Waals surface area contributed by atoms with E-state index in [1.807, 2.05) is 31.2 Å². The quantitative estimate of drug-likeness (QED) is 0.146. The Bertz CT molecular complexity index is 1650. The molecule has 1 heterocycles. The number of amides is 2. The molecule has 0 unspecified atom stereocenters. The van der Waals surface area contributed by atoms with Gasteiger partial charge in [-0.2, -0.15) is 0 Å². The predicted octanol–water partition coefficient (Wildman–Crippen LogP) is 6.96. The normalized spacial score (nSPS) is 14.6. The molecule has 0 saturated carbocycles. The number of rotatable bonds is 7. The molecule has 1 aliphatic heterocycles. The van der Waals surface area contributed by atoms with E-state index in [-0.39, 0.29) is 26.4 Å². The van der Waals surface area contributed by atoms with E-state index in [0.717, 1.165) is 21.2 Å². The van der Waals surface area contributed by atoms with Crippen LogP contribution in [-0.4, -0.2) is 23.5 Å². The van der Waals surface area contributed by atoms with E-state index < -0.39 is 11.8 Å². The maximum Gasteiger partial charge on any atom is 0.270 e. The number of carbonyl (C=O) groups excluding carboxylic acids is 2. The Balaban J connectivity index is 1.44. The Morgan fingerprint density at radius 3 is 2.51 bits per heavy atom. The standard InChI is InChI=1S/C30H22Cl2N2O4S/c1-2-37-26-16-18(13-14-25(26)38-17-20-9-5-8-19-7-3-4-10-21(19)20)15-22-28(35)33-30(39)34(29(22)36)24-12-6-11-23(31)27(24)32/h3-16H,2,17H2,1H3,(H,33,35,39)/b22-15+. The molecule has 1 aliphatic rings. The lowest BCUT2D eigenvalue weighted by molar-refractivity contribution is -0.122. The number of anilines is 1. The Labute approximate surface area is 240 Å². The van der Waals surface area contributed by atoms with Crippen LogP contribution in [0, 0.1) is 0 Å². The summed E-state index contributed by atoms with van der Waals surface area (Å²) < 4.78 is 12.0. The van der Waals surface area contributed by atoms with E-state index in [4.69, 9.17) is 44.9 Å². The molecule has 1 N–H and O–H groups in total. The summed E-state index contributed by atoms with van der Waals surface area (Å²) >= 11 is 17.7. The fourth-order valence-corrected chi connectivity index (χ4v) is 4.94. The van der Waals surface area contributed by atoms with Crippen LogP contribution in [0.15, 0.2) is 84.4 Å². The monoisotopic (exact) mass is 576 g/mol. The van der Waals surface area contributed by atoms with Crippen molar-refractivity contribution in [1.82, 2.24) is 5.32 Å². The van der Waals surface area contributed by atoms with Gasteiger partial charge in [0.2, 0.25) is 0 Å². The number of thiocarbonyl (C=S) groups is 1. The van der Waals surface area contributed by atoms with E-state index in [1.54, 1.807) is 36.4 Å². The molecule has 0 aromatic heterocycles. The summed E-state index contributed by atoms with van der Waals surface area (Å²) in [5, 5.41) is 5.12. The van der Waals surface area contributed by atoms with Crippen LogP contribution < -0.4 is 19.7 Å². The van der Waals surface area contributed by atoms with Crippen molar-refractivity contribution in [3.05, 3.63) is 106 Å². The second kappa shape index (κ2) is 11.5. The fraction of sp³-hybridized carbons (Fsp3) is 0.100. The lowest BCUT2D eigenvalue weighted by atomic mass is 10.1. The summed E-state index contributed by atoms with van der Waals surface area (Å²) in [6.07, 6.45) is 1.47. The Hall–Kier alpha value is -3.91. The molecule has 4 aromatic carbocycles. The van der Waals surface area contributed by atoms with Crippen LogP contribution in [0.2, 0.25) is 10.0 Å². The van der Waals surface area contributed by atoms with Crippen molar-refractivity contribution in [2.45, 2.75) is 13.5 Å². The summed E-state index contributed by atoms with van der Waals surface area (Å²) in [6.45, 7) is 2.61. The van der Waals surface area contributed by atoms with Crippen molar-refractivity contribution in [3.8, 4) is 11.5 Å². The molecule has 4 aromatic rings. The molecule has 0 bridgehead atoms. The fourth-order valence-electron chi connectivity index (χ4n) is 4.28. The van der Waals surface area contributed by atoms with E-state index >= 15 is 0 Å². The van der Waals surface area contributed by atoms with E-state index in [2.05, 4.69) is 23.5 Å². The van der Waals surface area contributed by atoms with Crippen LogP contribution in [0.1, 0.15) is 18.1 Å². The summed E-state index contributed by atoms with van der Waals surface area (Å²) in [5.41, 5.74) is 1.77. The van der Waals surface area contributed by atoms with Gasteiger partial charge in [-0.15, -0.1) is 0 Å². The van der Waals surface area contributed by atoms with Crippen LogP contribution in [0.25, 0.3) is 16.8 Å². The van der Waals surface area contributed by atoms with Gasteiger partial charge in [0.1, 0.15) is 12.2 Å². The van der Waals surface area contributed by atoms with Crippen LogP contribution in [0.4, 0.5) is 5.69 Å². The third-order valence-electron chi connectivity index (χ3n) is 6.12. The number of ether oxygens (including phenoxy) is 2. The van der Waals surface area contributed by atoms with E-state index in [0.29, 0.717) is 30.3 Å². The van der Waals surface area contributed by atoms with Gasteiger partial charge in [0.05, 0.1) is 22.3 Å². The number of nitrogens with zero attached hydrogens (tertiary/aromatic N) is 1. The number of nitrogens with one attached hydrogen (secondary N) is 1. The van der Waals surface area contributed by atoms with Gasteiger partial charge in [0, 0.05) is 0 Å². The maximum absolute atomic E-state index is 13.4. The number of benzene rings is 4. The molecule has 2 amide bonds. The summed E-state index contributed by atoms with van der Waals surface area (Å²) in [5.74, 6) is -0.211. The second-order valence-electron chi connectivity index (χ2n) is 8.60. The molecule has 0 radical (unpaired) electrons. The smallest absolute Gasteiger partial charge is 0.270 e. The Morgan fingerprint density at radius 1 is 0.923 bits per heavy atom. The van der Waals surface area contributed by atoms with Crippen molar-refractivity contribution in [2.75, 3.05) is 11.5 Å². The maximum atomic E-state index is 13.4. The average Bonchev–Trinajstić information content (AvgIpc) is 2.93. The zero-order chi connectivity index (χ0) is 27.5. The van der Waals surface area contributed by atoms with Crippen molar-refractivity contribution in [1.29, 1.82) is 0 Å². The van der Waals surface area contributed by atoms with Crippen LogP contribution in [0.5, 0.6) is 11.5 Å². The SMILES string of the molecule is CCOc1cc(/C=C2\C(=O)NC(=S)N(c3cccc(Cl)c3Cl)C2=O)ccc1OCc1cccc2ccccc12. The van der Waals surface area contributed by atoms with E-state index in [1.165, 1.54) is 6.08 Å². The minimum Gasteiger partial charge on any atom is -0.490 e. The van der Waals surface area contributed by atoms with Gasteiger partial charge in [-0.1, -0.05) is 77.8 Å². The van der Waals surface area contributed by atoms with Gasteiger partial charge in [0.15, 0.2) is 16.6 Å². The molecule has 0 atom stereocenters. The molecular formula is C30H22Cl2N2O4S. The average molecular weight is 577 g/mol. The third kappa shape index (κ3) is 5.47. The first-order chi connectivity index (χ1) is 18.9. The van der Waals surface area contributed by atoms with Crippen LogP contribution >= 0.6 is 35.4 Å². The number of carbonyl (C=O) groups is 2. The lowest BCUT2D eigenvalue weighted by Crippen LogP contribution is -2.54. The van der Waals surface area contributed by atoms with Crippen molar-refractivity contribution < 1.29 is 19.1 Å². The highest BCUT2D eigenvalue weighted by molar-refractivity contribution is 7.80. The zero-order valence-electron chi connectivity index (χ0n) is 20.7. The highest BCUT2D eigenvalue weighted by Gasteiger charge is 2.35. The molecule has 9 heteroatoms. The molecule has 6 nitrogen and oxygen atoms in total. The number of fused-ring (bicyclic) bond motifs is 1. The minimum atomic E-state index is -0.623. The summed E-state index contributed by atoms with van der Waals surface area (Å²) in [7, 11) is 0. The van der Waals surface area contributed by atoms with Gasteiger partial charge < -0.3 is 9.47 Å². The lowest BCUT2D eigenvalue weighted by Gasteiger charge is -2.29.